The molecule has 0 radical (unpaired) electrons. The number of hydrogen-bond acceptors (Lipinski definition) is 4. The van der Waals surface area contributed by atoms with Crippen LogP contribution in [0.15, 0.2) is 0 Å². The van der Waals surface area contributed by atoms with Gasteiger partial charge in [-0.05, 0) is 26.2 Å². The summed E-state index contributed by atoms with van der Waals surface area (Å²) in [6.45, 7) is 3.21. The highest BCUT2D eigenvalue weighted by atomic mass is 32.2. The van der Waals surface area contributed by atoms with Crippen molar-refractivity contribution in [2.45, 2.75) is 37.2 Å². The minimum Gasteiger partial charge on any atom is -0.210 e. The summed E-state index contributed by atoms with van der Waals surface area (Å²) >= 11 is 0. The van der Waals surface area contributed by atoms with Gasteiger partial charge in [0.25, 0.3) is 0 Å². The molecule has 0 amide bonds. The van der Waals surface area contributed by atoms with Crippen molar-refractivity contribution in [1.29, 1.82) is 0 Å². The lowest BCUT2D eigenvalue weighted by atomic mass is 11.6. The second-order valence-corrected chi connectivity index (χ2v) is 18.9. The third kappa shape index (κ3) is 2.43. The molecule has 1 fully saturated rings. The van der Waals surface area contributed by atoms with Crippen LogP contribution in [0, 0.1) is 0 Å². The van der Waals surface area contributed by atoms with Gasteiger partial charge in [0.1, 0.15) is 0 Å². The maximum Gasteiger partial charge on any atom is 0.510 e. The minimum absolute atomic E-state index is 0.0315. The second kappa shape index (κ2) is 4.68. The van der Waals surface area contributed by atoms with E-state index in [0.717, 1.165) is 26.2 Å². The van der Waals surface area contributed by atoms with E-state index >= 15 is 0 Å². The third-order valence-electron chi connectivity index (χ3n) is 3.05. The molecule has 1 heterocycles. The van der Waals surface area contributed by atoms with Crippen LogP contribution in [0.5, 0.6) is 0 Å². The van der Waals surface area contributed by atoms with Gasteiger partial charge in [0.05, 0.1) is 0 Å². The summed E-state index contributed by atoms with van der Waals surface area (Å²) < 4.78 is 122. The van der Waals surface area contributed by atoms with E-state index in [4.69, 9.17) is 0 Å². The first-order valence-corrected chi connectivity index (χ1v) is 14.1. The minimum atomic E-state index is -5.91. The van der Waals surface area contributed by atoms with E-state index in [2.05, 4.69) is 0 Å². The summed E-state index contributed by atoms with van der Waals surface area (Å²) in [5.74, 6) is 0. The summed E-state index contributed by atoms with van der Waals surface area (Å²) in [7, 11) is -20.3. The molecule has 6 nitrogen and oxygen atoms in total. The van der Waals surface area contributed by atoms with E-state index in [1.807, 2.05) is 0 Å². The first-order valence-electron chi connectivity index (χ1n) is 5.47. The predicted molar refractivity (Wildman–Crippen MR) is 68.6 cm³/mol. The average Bonchev–Trinajstić information content (AvgIpc) is 2.07. The zero-order valence-corrected chi connectivity index (χ0v) is 15.2. The Labute approximate surface area is 125 Å². The highest BCUT2D eigenvalue weighted by Crippen LogP contribution is 2.49. The number of rotatable bonds is 2. The van der Waals surface area contributed by atoms with Crippen LogP contribution in [-0.4, -0.2) is 51.9 Å². The van der Waals surface area contributed by atoms with Crippen molar-refractivity contribution in [3.05, 3.63) is 0 Å². The molecule has 0 aliphatic carbocycles. The highest BCUT2D eigenvalue weighted by Gasteiger charge is 2.77. The molecule has 0 aromatic rings. The van der Waals surface area contributed by atoms with E-state index in [9.17, 15) is 43.2 Å². The van der Waals surface area contributed by atoms with Crippen LogP contribution in [-0.2, 0) is 20.0 Å². The van der Waals surface area contributed by atoms with Gasteiger partial charge in [-0.25, -0.2) is 24.1 Å². The van der Waals surface area contributed by atoms with E-state index < -0.39 is 47.9 Å². The predicted octanol–water partition coefficient (Wildman–Crippen LogP) is 1.71. The summed E-state index contributed by atoms with van der Waals surface area (Å²) in [6.07, 6.45) is 0. The Kier molecular flexibility index (Phi) is 4.23. The molecule has 16 heteroatoms. The fraction of sp³-hybridized carbons (Fsp3) is 1.00. The Hall–Kier alpha value is -0.166. The Morgan fingerprint density at radius 1 is 0.636 bits per heavy atom. The first kappa shape index (κ1) is 19.9. The van der Waals surface area contributed by atoms with E-state index in [1.54, 1.807) is 0 Å². The van der Waals surface area contributed by atoms with Gasteiger partial charge in [-0.15, -0.1) is 0 Å². The van der Waals surface area contributed by atoms with Crippen molar-refractivity contribution in [2.24, 2.45) is 0 Å². The molecule has 0 aromatic carbocycles. The molecule has 0 saturated carbocycles. The van der Waals surface area contributed by atoms with Crippen molar-refractivity contribution < 1.29 is 43.2 Å². The van der Waals surface area contributed by atoms with E-state index in [-0.39, 0.29) is 7.27 Å². The first-order chi connectivity index (χ1) is 9.23. The standard InChI is InChI=1S/C6H12F6N2O4S2Si2/c1-21(2)13(19(15,16)5(7,8)9)22(3,4)14(21)20(17,18)6(10,11)12/h1-4H3. The van der Waals surface area contributed by atoms with Crippen molar-refractivity contribution in [3.8, 4) is 0 Å². The molecule has 1 aliphatic heterocycles. The van der Waals surface area contributed by atoms with E-state index in [0.29, 0.717) is 0 Å². The molecule has 1 aliphatic rings. The molecule has 1 saturated heterocycles. The number of alkyl halides is 6. The number of nitrogens with zero attached hydrogens (tertiary/aromatic N) is 2. The molecule has 132 valence electrons. The molecule has 0 atom stereocenters. The van der Waals surface area contributed by atoms with Crippen LogP contribution in [0.4, 0.5) is 26.3 Å². The van der Waals surface area contributed by atoms with Gasteiger partial charge in [-0.1, -0.05) is 0 Å². The largest absolute Gasteiger partial charge is 0.510 e. The van der Waals surface area contributed by atoms with Crippen molar-refractivity contribution in [2.75, 3.05) is 0 Å². The molecular weight excluding hydrogens is 398 g/mol. The normalized spacial score (nSPS) is 24.1. The molecule has 1 rings (SSSR count). The van der Waals surface area contributed by atoms with Crippen LogP contribution in [0.1, 0.15) is 0 Å². The SMILES string of the molecule is C[Si]1(C)N(S(=O)(=O)C(F)(F)F)[Si](C)(C)N1S(=O)(=O)C(F)(F)F. The van der Waals surface area contributed by atoms with Crippen LogP contribution in [0.25, 0.3) is 0 Å². The fourth-order valence-corrected chi connectivity index (χ4v) is 27.7. The third-order valence-corrected chi connectivity index (χ3v) is 24.0. The summed E-state index contributed by atoms with van der Waals surface area (Å²) in [6, 6.07) is 0. The average molecular weight is 410 g/mol. The van der Waals surface area contributed by atoms with Gasteiger partial charge in [0.15, 0.2) is 0 Å². The Morgan fingerprint density at radius 2 is 0.818 bits per heavy atom. The Morgan fingerprint density at radius 3 is 0.955 bits per heavy atom. The van der Waals surface area contributed by atoms with Crippen LogP contribution in [0.3, 0.4) is 0 Å². The lowest BCUT2D eigenvalue weighted by Crippen LogP contribution is -2.92. The molecule has 0 aromatic heterocycles. The van der Waals surface area contributed by atoms with Crippen molar-refractivity contribution >= 4 is 36.8 Å². The zero-order chi connectivity index (χ0) is 18.2. The molecule has 0 spiro atoms. The quantitative estimate of drug-likeness (QED) is 0.513. The zero-order valence-electron chi connectivity index (χ0n) is 11.6. The number of sulfonamides is 2. The van der Waals surface area contributed by atoms with Crippen LogP contribution in [0.2, 0.25) is 26.2 Å². The highest BCUT2D eigenvalue weighted by molar-refractivity contribution is 7.97. The smallest absolute Gasteiger partial charge is 0.210 e. The van der Waals surface area contributed by atoms with E-state index in [1.165, 1.54) is 0 Å². The Balaban J connectivity index is 3.53. The summed E-state index contributed by atoms with van der Waals surface area (Å²) in [4.78, 5) is 0. The van der Waals surface area contributed by atoms with Crippen LogP contribution < -0.4 is 0 Å². The summed E-state index contributed by atoms with van der Waals surface area (Å²) in [5, 5.41) is 0. The van der Waals surface area contributed by atoms with Gasteiger partial charge in [-0.2, -0.15) is 26.3 Å². The molecule has 0 unspecified atom stereocenters. The monoisotopic (exact) mass is 410 g/mol. The molecule has 0 bridgehead atoms. The fourth-order valence-electron chi connectivity index (χ4n) is 2.84. The lowest BCUT2D eigenvalue weighted by molar-refractivity contribution is -0.0478. The Bertz CT molecular complexity index is 611. The second-order valence-electron chi connectivity index (χ2n) is 5.42. The maximum absolute atomic E-state index is 12.7. The van der Waals surface area contributed by atoms with Gasteiger partial charge in [-0.3, -0.25) is 0 Å². The van der Waals surface area contributed by atoms with Crippen molar-refractivity contribution in [1.82, 2.24) is 7.27 Å². The van der Waals surface area contributed by atoms with Crippen LogP contribution >= 0.6 is 0 Å². The lowest BCUT2D eigenvalue weighted by Gasteiger charge is -2.63. The molecule has 0 N–H and O–H groups in total. The molecule has 22 heavy (non-hydrogen) atoms. The number of halogens is 6. The summed E-state index contributed by atoms with van der Waals surface area (Å²) in [5.41, 5.74) is -11.4. The topological polar surface area (TPSA) is 74.8 Å². The van der Waals surface area contributed by atoms with Gasteiger partial charge in [0.2, 0.25) is 16.8 Å². The van der Waals surface area contributed by atoms with Crippen molar-refractivity contribution in [3.63, 3.8) is 0 Å². The number of hydrogen-bond donors (Lipinski definition) is 0. The molecular formula is C6H12F6N2O4S2Si2. The van der Waals surface area contributed by atoms with Gasteiger partial charge in [0, 0.05) is 0 Å². The maximum atomic E-state index is 12.7. The van der Waals surface area contributed by atoms with Gasteiger partial charge >= 0.3 is 31.1 Å². The van der Waals surface area contributed by atoms with Gasteiger partial charge < -0.3 is 0 Å².